The van der Waals surface area contributed by atoms with Crippen LogP contribution in [-0.4, -0.2) is 24.2 Å². The van der Waals surface area contributed by atoms with Gasteiger partial charge in [-0.1, -0.05) is 19.4 Å². The number of benzene rings is 1. The van der Waals surface area contributed by atoms with Gasteiger partial charge in [-0.05, 0) is 43.3 Å². The summed E-state index contributed by atoms with van der Waals surface area (Å²) in [6.07, 6.45) is 3.25. The number of carbonyl (C=O) groups is 1. The molecular formula is C14H20N2OS. The number of carbonyl (C=O) groups excluding carboxylic acids is 1. The Morgan fingerprint density at radius 3 is 3.11 bits per heavy atom. The van der Waals surface area contributed by atoms with Gasteiger partial charge in [-0.2, -0.15) is 0 Å². The number of amides is 1. The zero-order valence-corrected chi connectivity index (χ0v) is 11.6. The van der Waals surface area contributed by atoms with Gasteiger partial charge in [-0.15, -0.1) is 11.8 Å². The Balaban J connectivity index is 1.95. The summed E-state index contributed by atoms with van der Waals surface area (Å²) in [4.78, 5) is 13.3. The topological polar surface area (TPSA) is 41.1 Å². The van der Waals surface area contributed by atoms with Crippen LogP contribution < -0.4 is 10.6 Å². The minimum atomic E-state index is -0.0266. The molecule has 1 saturated heterocycles. The van der Waals surface area contributed by atoms with Gasteiger partial charge < -0.3 is 10.6 Å². The van der Waals surface area contributed by atoms with Gasteiger partial charge in [0.05, 0.1) is 6.04 Å². The van der Waals surface area contributed by atoms with Gasteiger partial charge in [-0.3, -0.25) is 4.79 Å². The van der Waals surface area contributed by atoms with Crippen LogP contribution in [0.5, 0.6) is 0 Å². The van der Waals surface area contributed by atoms with E-state index in [1.807, 2.05) is 18.2 Å². The van der Waals surface area contributed by atoms with E-state index in [9.17, 15) is 4.79 Å². The van der Waals surface area contributed by atoms with Gasteiger partial charge >= 0.3 is 0 Å². The Hall–Kier alpha value is -1.00. The maximum Gasteiger partial charge on any atom is 0.241 e. The molecule has 1 aromatic rings. The van der Waals surface area contributed by atoms with Crippen molar-refractivity contribution in [3.8, 4) is 0 Å². The molecule has 2 rings (SSSR count). The standard InChI is InChI=1S/C14H20N2OS/c1-2-18-12-7-5-6-11(10-12)16-14(17)13-8-3-4-9-15-13/h5-7,10,13,15H,2-4,8-9H2,1H3,(H,16,17)/t13-/m1/s1. The summed E-state index contributed by atoms with van der Waals surface area (Å²) in [5.41, 5.74) is 0.894. The molecule has 1 atom stereocenters. The number of thioether (sulfide) groups is 1. The van der Waals surface area contributed by atoms with Gasteiger partial charge in [0.2, 0.25) is 5.91 Å². The second-order valence-electron chi connectivity index (χ2n) is 4.45. The highest BCUT2D eigenvalue weighted by Crippen LogP contribution is 2.21. The number of hydrogen-bond acceptors (Lipinski definition) is 3. The highest BCUT2D eigenvalue weighted by molar-refractivity contribution is 7.99. The summed E-state index contributed by atoms with van der Waals surface area (Å²) in [7, 11) is 0. The third-order valence-electron chi connectivity index (χ3n) is 3.04. The van der Waals surface area contributed by atoms with Crippen LogP contribution in [0.15, 0.2) is 29.2 Å². The molecule has 2 N–H and O–H groups in total. The highest BCUT2D eigenvalue weighted by atomic mass is 32.2. The lowest BCUT2D eigenvalue weighted by molar-refractivity contribution is -0.118. The van der Waals surface area contributed by atoms with Crippen molar-refractivity contribution in [3.63, 3.8) is 0 Å². The van der Waals surface area contributed by atoms with Crippen molar-refractivity contribution in [2.45, 2.75) is 37.1 Å². The van der Waals surface area contributed by atoms with Crippen LogP contribution in [0.4, 0.5) is 5.69 Å². The van der Waals surface area contributed by atoms with Crippen LogP contribution in [0.3, 0.4) is 0 Å². The lowest BCUT2D eigenvalue weighted by Crippen LogP contribution is -2.43. The van der Waals surface area contributed by atoms with Gasteiger partial charge in [0, 0.05) is 10.6 Å². The van der Waals surface area contributed by atoms with Crippen LogP contribution in [0.1, 0.15) is 26.2 Å². The van der Waals surface area contributed by atoms with E-state index < -0.39 is 0 Å². The Morgan fingerprint density at radius 1 is 1.50 bits per heavy atom. The van der Waals surface area contributed by atoms with E-state index in [0.29, 0.717) is 0 Å². The summed E-state index contributed by atoms with van der Waals surface area (Å²) >= 11 is 1.79. The molecule has 0 unspecified atom stereocenters. The summed E-state index contributed by atoms with van der Waals surface area (Å²) in [5, 5.41) is 6.26. The molecule has 4 heteroatoms. The maximum atomic E-state index is 12.1. The first-order chi connectivity index (χ1) is 8.79. The van der Waals surface area contributed by atoms with Crippen LogP contribution in [0.2, 0.25) is 0 Å². The first-order valence-electron chi connectivity index (χ1n) is 6.56. The van der Waals surface area contributed by atoms with Crippen LogP contribution in [-0.2, 0) is 4.79 Å². The average Bonchev–Trinajstić information content (AvgIpc) is 2.40. The Labute approximate surface area is 113 Å². The van der Waals surface area contributed by atoms with Gasteiger partial charge in [0.25, 0.3) is 0 Å². The molecule has 0 spiro atoms. The van der Waals surface area contributed by atoms with E-state index >= 15 is 0 Å². The summed E-state index contributed by atoms with van der Waals surface area (Å²) in [6, 6.07) is 8.01. The summed E-state index contributed by atoms with van der Waals surface area (Å²) in [5.74, 6) is 1.13. The van der Waals surface area contributed by atoms with Crippen molar-refractivity contribution in [3.05, 3.63) is 24.3 Å². The molecule has 1 aliphatic heterocycles. The van der Waals surface area contributed by atoms with Crippen molar-refractivity contribution >= 4 is 23.4 Å². The fraction of sp³-hybridized carbons (Fsp3) is 0.500. The van der Waals surface area contributed by atoms with Crippen molar-refractivity contribution in [1.82, 2.24) is 5.32 Å². The molecule has 0 bridgehead atoms. The first-order valence-corrected chi connectivity index (χ1v) is 7.55. The average molecular weight is 264 g/mol. The minimum absolute atomic E-state index is 0.0266. The molecule has 1 heterocycles. The van der Waals surface area contributed by atoms with Crippen molar-refractivity contribution in [2.75, 3.05) is 17.6 Å². The molecule has 18 heavy (non-hydrogen) atoms. The smallest absolute Gasteiger partial charge is 0.241 e. The second kappa shape index (κ2) is 6.81. The first kappa shape index (κ1) is 13.4. The number of piperidine rings is 1. The van der Waals surface area contributed by atoms with E-state index in [0.717, 1.165) is 30.8 Å². The van der Waals surface area contributed by atoms with E-state index in [-0.39, 0.29) is 11.9 Å². The van der Waals surface area contributed by atoms with Gasteiger partial charge in [-0.25, -0.2) is 0 Å². The molecule has 1 aromatic carbocycles. The Morgan fingerprint density at radius 2 is 2.39 bits per heavy atom. The van der Waals surface area contributed by atoms with Gasteiger partial charge in [0.15, 0.2) is 0 Å². The molecule has 0 aromatic heterocycles. The fourth-order valence-electron chi connectivity index (χ4n) is 2.14. The summed E-state index contributed by atoms with van der Waals surface area (Å²) in [6.45, 7) is 3.08. The third-order valence-corrected chi connectivity index (χ3v) is 3.92. The molecular weight excluding hydrogens is 244 g/mol. The monoisotopic (exact) mass is 264 g/mol. The van der Waals surface area contributed by atoms with Crippen molar-refractivity contribution < 1.29 is 4.79 Å². The highest BCUT2D eigenvalue weighted by Gasteiger charge is 2.20. The molecule has 1 aliphatic rings. The molecule has 98 valence electrons. The van der Waals surface area contributed by atoms with Crippen LogP contribution >= 0.6 is 11.8 Å². The lowest BCUT2D eigenvalue weighted by atomic mass is 10.0. The second-order valence-corrected chi connectivity index (χ2v) is 5.79. The quantitative estimate of drug-likeness (QED) is 0.822. The van der Waals surface area contributed by atoms with Crippen LogP contribution in [0.25, 0.3) is 0 Å². The van der Waals surface area contributed by atoms with Gasteiger partial charge in [0.1, 0.15) is 0 Å². The lowest BCUT2D eigenvalue weighted by Gasteiger charge is -2.22. The van der Waals surface area contributed by atoms with Crippen molar-refractivity contribution in [1.29, 1.82) is 0 Å². The zero-order valence-electron chi connectivity index (χ0n) is 10.7. The number of anilines is 1. The Kier molecular flexibility index (Phi) is 5.08. The molecule has 0 aliphatic carbocycles. The number of nitrogens with one attached hydrogen (secondary N) is 2. The predicted octanol–water partition coefficient (Wildman–Crippen LogP) is 2.88. The molecule has 0 radical (unpaired) electrons. The largest absolute Gasteiger partial charge is 0.325 e. The molecule has 3 nitrogen and oxygen atoms in total. The van der Waals surface area contributed by atoms with E-state index in [1.54, 1.807) is 11.8 Å². The SMILES string of the molecule is CCSc1cccc(NC(=O)[C@H]2CCCCN2)c1. The number of rotatable bonds is 4. The molecule has 1 fully saturated rings. The normalized spacial score (nSPS) is 19.5. The Bertz CT molecular complexity index is 403. The van der Waals surface area contributed by atoms with Crippen LogP contribution in [0, 0.1) is 0 Å². The maximum absolute atomic E-state index is 12.1. The predicted molar refractivity (Wildman–Crippen MR) is 77.1 cm³/mol. The molecule has 0 saturated carbocycles. The van der Waals surface area contributed by atoms with Crippen molar-refractivity contribution in [2.24, 2.45) is 0 Å². The summed E-state index contributed by atoms with van der Waals surface area (Å²) < 4.78 is 0. The van der Waals surface area contributed by atoms with E-state index in [1.165, 1.54) is 11.3 Å². The minimum Gasteiger partial charge on any atom is -0.325 e. The third kappa shape index (κ3) is 3.75. The van der Waals surface area contributed by atoms with E-state index in [2.05, 4.69) is 23.6 Å². The fourth-order valence-corrected chi connectivity index (χ4v) is 2.85. The number of hydrogen-bond donors (Lipinski definition) is 2. The molecule has 1 amide bonds. The zero-order chi connectivity index (χ0) is 12.8. The van der Waals surface area contributed by atoms with E-state index in [4.69, 9.17) is 0 Å².